The zero-order valence-corrected chi connectivity index (χ0v) is 13.7. The minimum atomic E-state index is -4.23. The molecule has 9 heteroatoms. The van der Waals surface area contributed by atoms with Crippen LogP contribution < -0.4 is 4.72 Å². The number of nitro groups is 1. The molecule has 0 unspecified atom stereocenters. The number of rotatable bonds is 4. The first kappa shape index (κ1) is 17.2. The van der Waals surface area contributed by atoms with Crippen LogP contribution in [0.25, 0.3) is 0 Å². The Morgan fingerprint density at radius 2 is 1.87 bits per heavy atom. The van der Waals surface area contributed by atoms with Crippen molar-refractivity contribution in [3.05, 3.63) is 62.4 Å². The highest BCUT2D eigenvalue weighted by Crippen LogP contribution is 2.30. The molecule has 122 valence electrons. The van der Waals surface area contributed by atoms with E-state index in [0.717, 1.165) is 18.2 Å². The van der Waals surface area contributed by atoms with E-state index in [2.05, 4.69) is 4.72 Å². The second kappa shape index (κ2) is 6.13. The Hall–Kier alpha value is -2.19. The molecule has 0 bridgehead atoms. The highest BCUT2D eigenvalue weighted by Gasteiger charge is 2.23. The Morgan fingerprint density at radius 1 is 1.22 bits per heavy atom. The molecular formula is C14H12ClFN2O4S. The van der Waals surface area contributed by atoms with Crippen LogP contribution in [0.4, 0.5) is 15.8 Å². The zero-order valence-electron chi connectivity index (χ0n) is 12.1. The fourth-order valence-electron chi connectivity index (χ4n) is 1.91. The molecule has 1 N–H and O–H groups in total. The third kappa shape index (κ3) is 3.59. The van der Waals surface area contributed by atoms with Gasteiger partial charge in [0.1, 0.15) is 5.82 Å². The molecule has 0 atom stereocenters. The lowest BCUT2D eigenvalue weighted by atomic mass is 10.2. The third-order valence-electron chi connectivity index (χ3n) is 3.16. The first-order valence-corrected chi connectivity index (χ1v) is 8.21. The summed E-state index contributed by atoms with van der Waals surface area (Å²) < 4.78 is 40.5. The van der Waals surface area contributed by atoms with Crippen molar-refractivity contribution >= 4 is 33.0 Å². The van der Waals surface area contributed by atoms with Crippen molar-refractivity contribution < 1.29 is 17.7 Å². The average molecular weight is 359 g/mol. The number of sulfonamides is 1. The molecule has 0 saturated heterocycles. The zero-order chi connectivity index (χ0) is 17.4. The molecule has 0 radical (unpaired) electrons. The normalized spacial score (nSPS) is 11.3. The maximum absolute atomic E-state index is 13.7. The van der Waals surface area contributed by atoms with Gasteiger partial charge in [-0.15, -0.1) is 0 Å². The summed E-state index contributed by atoms with van der Waals surface area (Å²) in [5, 5.41) is 10.9. The van der Waals surface area contributed by atoms with E-state index < -0.39 is 31.3 Å². The van der Waals surface area contributed by atoms with Crippen molar-refractivity contribution in [2.45, 2.75) is 18.7 Å². The van der Waals surface area contributed by atoms with Crippen LogP contribution in [0.2, 0.25) is 5.02 Å². The minimum absolute atomic E-state index is 0.0655. The molecule has 2 aromatic carbocycles. The molecule has 0 heterocycles. The molecule has 0 spiro atoms. The van der Waals surface area contributed by atoms with Crippen LogP contribution in [0.15, 0.2) is 35.2 Å². The van der Waals surface area contributed by atoms with E-state index in [-0.39, 0.29) is 16.3 Å². The monoisotopic (exact) mass is 358 g/mol. The van der Waals surface area contributed by atoms with Gasteiger partial charge in [0, 0.05) is 11.6 Å². The Morgan fingerprint density at radius 3 is 2.48 bits per heavy atom. The first-order chi connectivity index (χ1) is 10.6. The van der Waals surface area contributed by atoms with E-state index in [1.165, 1.54) is 19.1 Å². The van der Waals surface area contributed by atoms with E-state index in [4.69, 9.17) is 11.6 Å². The standard InChI is InChI=1S/C14H12ClFN2O4S/c1-8-3-4-12(16)13(5-8)17-23(21,22)10-6-11(15)9(2)14(7-10)18(19)20/h3-7,17H,1-2H3. The Labute approximate surface area is 137 Å². The fourth-order valence-corrected chi connectivity index (χ4v) is 3.29. The largest absolute Gasteiger partial charge is 0.277 e. The topological polar surface area (TPSA) is 89.3 Å². The molecule has 0 aliphatic rings. The highest BCUT2D eigenvalue weighted by molar-refractivity contribution is 7.92. The molecule has 2 rings (SSSR count). The van der Waals surface area contributed by atoms with Crippen LogP contribution in [-0.2, 0) is 10.0 Å². The second-order valence-electron chi connectivity index (χ2n) is 4.90. The molecule has 0 aromatic heterocycles. The van der Waals surface area contributed by atoms with Crippen molar-refractivity contribution in [3.63, 3.8) is 0 Å². The fraction of sp³-hybridized carbons (Fsp3) is 0.143. The van der Waals surface area contributed by atoms with Crippen LogP contribution in [0.3, 0.4) is 0 Å². The van der Waals surface area contributed by atoms with Gasteiger partial charge < -0.3 is 0 Å². The third-order valence-corrected chi connectivity index (χ3v) is 4.90. The maximum atomic E-state index is 13.7. The number of halogens is 2. The summed E-state index contributed by atoms with van der Waals surface area (Å²) >= 11 is 5.86. The first-order valence-electron chi connectivity index (χ1n) is 6.35. The van der Waals surface area contributed by atoms with E-state index in [1.54, 1.807) is 6.92 Å². The smallest absolute Gasteiger partial charge is 0.275 e. The summed E-state index contributed by atoms with van der Waals surface area (Å²) in [4.78, 5) is 9.84. The molecule has 0 fully saturated rings. The number of nitro benzene ring substituents is 1. The van der Waals surface area contributed by atoms with Gasteiger partial charge in [-0.3, -0.25) is 14.8 Å². The van der Waals surface area contributed by atoms with Crippen LogP contribution in [0, 0.1) is 29.8 Å². The SMILES string of the molecule is Cc1ccc(F)c(NS(=O)(=O)c2cc(Cl)c(C)c([N+](=O)[O-])c2)c1. The van der Waals surface area contributed by atoms with Gasteiger partial charge >= 0.3 is 0 Å². The van der Waals surface area contributed by atoms with Crippen LogP contribution in [0.1, 0.15) is 11.1 Å². The van der Waals surface area contributed by atoms with Crippen LogP contribution >= 0.6 is 11.6 Å². The van der Waals surface area contributed by atoms with Crippen LogP contribution in [-0.4, -0.2) is 13.3 Å². The lowest BCUT2D eigenvalue weighted by molar-refractivity contribution is -0.385. The molecule has 0 aliphatic carbocycles. The van der Waals surface area contributed by atoms with Gasteiger partial charge in [0.05, 0.1) is 20.5 Å². The lowest BCUT2D eigenvalue weighted by Gasteiger charge is -2.11. The number of aryl methyl sites for hydroxylation is 1. The predicted octanol–water partition coefficient (Wildman–Crippen LogP) is 3.80. The Balaban J connectivity index is 2.52. The predicted molar refractivity (Wildman–Crippen MR) is 84.8 cm³/mol. The summed E-state index contributed by atoms with van der Waals surface area (Å²) in [5.74, 6) is -0.758. The maximum Gasteiger partial charge on any atom is 0.275 e. The van der Waals surface area contributed by atoms with E-state index in [9.17, 15) is 22.9 Å². The van der Waals surface area contributed by atoms with Gasteiger partial charge in [0.25, 0.3) is 15.7 Å². The number of hydrogen-bond acceptors (Lipinski definition) is 4. The summed E-state index contributed by atoms with van der Waals surface area (Å²) in [5.41, 5.74) is 0.126. The minimum Gasteiger partial charge on any atom is -0.277 e. The molecule has 0 amide bonds. The molecule has 0 aliphatic heterocycles. The molecule has 0 saturated carbocycles. The molecular weight excluding hydrogens is 347 g/mol. The van der Waals surface area contributed by atoms with Gasteiger partial charge in [-0.25, -0.2) is 12.8 Å². The van der Waals surface area contributed by atoms with Crippen molar-refractivity contribution in [1.82, 2.24) is 0 Å². The second-order valence-corrected chi connectivity index (χ2v) is 6.98. The number of anilines is 1. The van der Waals surface area contributed by atoms with E-state index in [0.29, 0.717) is 5.56 Å². The quantitative estimate of drug-likeness (QED) is 0.664. The number of nitrogens with one attached hydrogen (secondary N) is 1. The average Bonchev–Trinajstić information content (AvgIpc) is 2.44. The van der Waals surface area contributed by atoms with Gasteiger partial charge in [0.15, 0.2) is 0 Å². The van der Waals surface area contributed by atoms with Crippen molar-refractivity contribution in [1.29, 1.82) is 0 Å². The van der Waals surface area contributed by atoms with Crippen molar-refractivity contribution in [3.8, 4) is 0 Å². The van der Waals surface area contributed by atoms with Crippen LogP contribution in [0.5, 0.6) is 0 Å². The molecule has 2 aromatic rings. The summed E-state index contributed by atoms with van der Waals surface area (Å²) in [6.07, 6.45) is 0. The summed E-state index contributed by atoms with van der Waals surface area (Å²) in [7, 11) is -4.23. The van der Waals surface area contributed by atoms with E-state index in [1.807, 2.05) is 0 Å². The Bertz CT molecular complexity index is 900. The van der Waals surface area contributed by atoms with Gasteiger partial charge in [-0.05, 0) is 37.6 Å². The highest BCUT2D eigenvalue weighted by atomic mass is 35.5. The van der Waals surface area contributed by atoms with Gasteiger partial charge in [-0.1, -0.05) is 17.7 Å². The molecule has 23 heavy (non-hydrogen) atoms. The van der Waals surface area contributed by atoms with Crippen molar-refractivity contribution in [2.24, 2.45) is 0 Å². The number of hydrogen-bond donors (Lipinski definition) is 1. The summed E-state index contributed by atoms with van der Waals surface area (Å²) in [6, 6.07) is 5.90. The Kier molecular flexibility index (Phi) is 4.58. The number of nitrogens with zero attached hydrogens (tertiary/aromatic N) is 1. The summed E-state index contributed by atoms with van der Waals surface area (Å²) in [6.45, 7) is 3.08. The van der Waals surface area contributed by atoms with Gasteiger partial charge in [0.2, 0.25) is 0 Å². The van der Waals surface area contributed by atoms with Crippen molar-refractivity contribution in [2.75, 3.05) is 4.72 Å². The van der Waals surface area contributed by atoms with Gasteiger partial charge in [-0.2, -0.15) is 0 Å². The molecule has 6 nitrogen and oxygen atoms in total. The number of benzene rings is 2. The van der Waals surface area contributed by atoms with E-state index >= 15 is 0 Å². The lowest BCUT2D eigenvalue weighted by Crippen LogP contribution is -2.14.